The lowest BCUT2D eigenvalue weighted by Gasteiger charge is -2.21. The fourth-order valence-corrected chi connectivity index (χ4v) is 4.12. The minimum Gasteiger partial charge on any atom is -0.337 e. The average molecular weight is 592 g/mol. The van der Waals surface area contributed by atoms with Gasteiger partial charge in [0, 0.05) is 25.0 Å². The molecule has 1 amide bonds. The van der Waals surface area contributed by atoms with Crippen molar-refractivity contribution >= 4 is 51.5 Å². The minimum atomic E-state index is -5.40. The van der Waals surface area contributed by atoms with E-state index in [1.807, 2.05) is 42.5 Å². The van der Waals surface area contributed by atoms with Gasteiger partial charge in [0.05, 0.1) is 23.3 Å². The first-order chi connectivity index (χ1) is 20.5. The molecule has 0 fully saturated rings. The van der Waals surface area contributed by atoms with Crippen LogP contribution in [0.4, 0.5) is 46.4 Å². The summed E-state index contributed by atoms with van der Waals surface area (Å²) in [6, 6.07) is 16.0. The van der Waals surface area contributed by atoms with Crippen molar-refractivity contribution in [3.05, 3.63) is 97.7 Å². The van der Waals surface area contributed by atoms with Gasteiger partial charge in [-0.05, 0) is 40.6 Å². The maximum Gasteiger partial charge on any atom is 0.493 e. The predicted octanol–water partition coefficient (Wildman–Crippen LogP) is 6.20. The molecule has 0 spiro atoms. The number of hydroxylamine groups is 1. The third-order valence-electron chi connectivity index (χ3n) is 6.05. The maximum atomic E-state index is 15.1. The van der Waals surface area contributed by atoms with Crippen molar-refractivity contribution < 1.29 is 32.0 Å². The van der Waals surface area contributed by atoms with Gasteiger partial charge in [0.2, 0.25) is 5.95 Å². The Balaban J connectivity index is 1.59. The van der Waals surface area contributed by atoms with Crippen LogP contribution in [0.25, 0.3) is 21.9 Å². The lowest BCUT2D eigenvalue weighted by atomic mass is 9.99. The highest BCUT2D eigenvalue weighted by atomic mass is 19.4. The molecule has 14 heteroatoms. The SMILES string of the molecule is C=CC(=O)N(OC(=O)C(F)(F)F)c1ccc(F)c(Nc2nc(Nc3cnn(C)c3)ncc2-c2cccc3ccccc23)c1. The van der Waals surface area contributed by atoms with Crippen LogP contribution >= 0.6 is 0 Å². The summed E-state index contributed by atoms with van der Waals surface area (Å²) in [4.78, 5) is 37.1. The van der Waals surface area contributed by atoms with Gasteiger partial charge in [-0.15, -0.1) is 5.06 Å². The van der Waals surface area contributed by atoms with E-state index in [0.717, 1.165) is 29.0 Å². The number of halogens is 4. The molecule has 2 aromatic heterocycles. The summed E-state index contributed by atoms with van der Waals surface area (Å²) >= 11 is 0. The molecule has 218 valence electrons. The molecule has 0 unspecified atom stereocenters. The number of amides is 1. The number of carbonyl (C=O) groups excluding carboxylic acids is 2. The van der Waals surface area contributed by atoms with Crippen LogP contribution in [0.3, 0.4) is 0 Å². The molecule has 5 rings (SSSR count). The van der Waals surface area contributed by atoms with Crippen molar-refractivity contribution in [2.75, 3.05) is 15.7 Å². The first-order valence-corrected chi connectivity index (χ1v) is 12.5. The molecule has 3 aromatic carbocycles. The molecule has 0 radical (unpaired) electrons. The summed E-state index contributed by atoms with van der Waals surface area (Å²) in [7, 11) is 1.73. The Morgan fingerprint density at radius 3 is 2.51 bits per heavy atom. The largest absolute Gasteiger partial charge is 0.493 e. The molecule has 0 aliphatic rings. The van der Waals surface area contributed by atoms with Crippen LogP contribution in [-0.4, -0.2) is 37.8 Å². The van der Waals surface area contributed by atoms with Gasteiger partial charge in [-0.2, -0.15) is 23.3 Å². The van der Waals surface area contributed by atoms with E-state index in [1.165, 1.54) is 6.20 Å². The summed E-state index contributed by atoms with van der Waals surface area (Å²) in [6.45, 7) is 3.22. The van der Waals surface area contributed by atoms with E-state index < -0.39 is 23.9 Å². The van der Waals surface area contributed by atoms with E-state index in [2.05, 4.69) is 37.1 Å². The van der Waals surface area contributed by atoms with Crippen LogP contribution in [0.1, 0.15) is 0 Å². The molecule has 0 atom stereocenters. The maximum absolute atomic E-state index is 15.1. The number of benzene rings is 3. The van der Waals surface area contributed by atoms with Gasteiger partial charge in [0.25, 0.3) is 5.91 Å². The van der Waals surface area contributed by atoms with Crippen molar-refractivity contribution in [3.63, 3.8) is 0 Å². The molecule has 0 saturated heterocycles. The Hall–Kier alpha value is -5.79. The summed E-state index contributed by atoms with van der Waals surface area (Å²) in [5, 5.41) is 11.8. The summed E-state index contributed by atoms with van der Waals surface area (Å²) in [5.74, 6) is -4.46. The third kappa shape index (κ3) is 6.27. The smallest absolute Gasteiger partial charge is 0.337 e. The lowest BCUT2D eigenvalue weighted by molar-refractivity contribution is -0.201. The van der Waals surface area contributed by atoms with Crippen molar-refractivity contribution in [2.24, 2.45) is 7.05 Å². The third-order valence-corrected chi connectivity index (χ3v) is 6.05. The number of aromatic nitrogens is 4. The van der Waals surface area contributed by atoms with Crippen LogP contribution in [-0.2, 0) is 21.5 Å². The number of alkyl halides is 3. The fraction of sp³-hybridized carbons (Fsp3) is 0.0690. The number of hydrogen-bond acceptors (Lipinski definition) is 8. The Morgan fingerprint density at radius 1 is 1.02 bits per heavy atom. The lowest BCUT2D eigenvalue weighted by Crippen LogP contribution is -2.38. The molecular weight excluding hydrogens is 570 g/mol. The average Bonchev–Trinajstić information content (AvgIpc) is 3.40. The number of nitrogens with one attached hydrogen (secondary N) is 2. The number of hydrogen-bond donors (Lipinski definition) is 2. The minimum absolute atomic E-state index is 0.0639. The van der Waals surface area contributed by atoms with Gasteiger partial charge >= 0.3 is 12.1 Å². The first-order valence-electron chi connectivity index (χ1n) is 12.5. The van der Waals surface area contributed by atoms with Crippen molar-refractivity contribution in [1.29, 1.82) is 0 Å². The molecule has 0 saturated carbocycles. The van der Waals surface area contributed by atoms with Crippen molar-refractivity contribution in [2.45, 2.75) is 6.18 Å². The predicted molar refractivity (Wildman–Crippen MR) is 151 cm³/mol. The van der Waals surface area contributed by atoms with Crippen molar-refractivity contribution in [1.82, 2.24) is 19.7 Å². The number of aryl methyl sites for hydroxylation is 1. The van der Waals surface area contributed by atoms with Crippen LogP contribution in [0.15, 0.2) is 91.9 Å². The molecular formula is C29H21F4N7O3. The van der Waals surface area contributed by atoms with Gasteiger partial charge < -0.3 is 15.5 Å². The van der Waals surface area contributed by atoms with Gasteiger partial charge in [0.15, 0.2) is 0 Å². The van der Waals surface area contributed by atoms with E-state index in [1.54, 1.807) is 24.1 Å². The number of carbonyl (C=O) groups is 2. The van der Waals surface area contributed by atoms with Crippen LogP contribution in [0, 0.1) is 5.82 Å². The zero-order chi connectivity index (χ0) is 30.7. The fourth-order valence-electron chi connectivity index (χ4n) is 4.12. The van der Waals surface area contributed by atoms with Crippen molar-refractivity contribution in [3.8, 4) is 11.1 Å². The van der Waals surface area contributed by atoms with E-state index >= 15 is 4.39 Å². The van der Waals surface area contributed by atoms with E-state index in [4.69, 9.17) is 0 Å². The summed E-state index contributed by atoms with van der Waals surface area (Å²) < 4.78 is 55.4. The number of anilines is 5. The summed E-state index contributed by atoms with van der Waals surface area (Å²) in [5.41, 5.74) is 1.05. The monoisotopic (exact) mass is 591 g/mol. The Morgan fingerprint density at radius 2 is 1.79 bits per heavy atom. The highest BCUT2D eigenvalue weighted by Crippen LogP contribution is 2.36. The Bertz CT molecular complexity index is 1850. The second-order valence-electron chi connectivity index (χ2n) is 9.01. The highest BCUT2D eigenvalue weighted by molar-refractivity contribution is 6.02. The molecule has 0 bridgehead atoms. The molecule has 43 heavy (non-hydrogen) atoms. The van der Waals surface area contributed by atoms with Crippen LogP contribution in [0.5, 0.6) is 0 Å². The van der Waals surface area contributed by atoms with Gasteiger partial charge in [0.1, 0.15) is 11.6 Å². The van der Waals surface area contributed by atoms with E-state index in [-0.39, 0.29) is 28.2 Å². The second-order valence-corrected chi connectivity index (χ2v) is 9.01. The molecule has 2 heterocycles. The topological polar surface area (TPSA) is 114 Å². The number of fused-ring (bicyclic) bond motifs is 1. The first kappa shape index (κ1) is 28.7. The zero-order valence-electron chi connectivity index (χ0n) is 22.3. The van der Waals surface area contributed by atoms with Crippen LogP contribution in [0.2, 0.25) is 0 Å². The molecule has 0 aliphatic carbocycles. The molecule has 10 nitrogen and oxygen atoms in total. The molecule has 5 aromatic rings. The van der Waals surface area contributed by atoms with E-state index in [9.17, 15) is 22.8 Å². The van der Waals surface area contributed by atoms with Gasteiger partial charge in [-0.1, -0.05) is 49.0 Å². The number of nitrogens with zero attached hydrogens (tertiary/aromatic N) is 5. The quantitative estimate of drug-likeness (QED) is 0.131. The Kier molecular flexibility index (Phi) is 7.75. The van der Waals surface area contributed by atoms with Gasteiger partial charge in [-0.3, -0.25) is 9.48 Å². The molecule has 0 aliphatic heterocycles. The Labute approximate surface area is 241 Å². The normalized spacial score (nSPS) is 11.2. The number of rotatable bonds is 7. The second kappa shape index (κ2) is 11.6. The summed E-state index contributed by atoms with van der Waals surface area (Å²) in [6.07, 6.45) is -0.000123. The van der Waals surface area contributed by atoms with Gasteiger partial charge in [-0.25, -0.2) is 14.2 Å². The molecule has 2 N–H and O–H groups in total. The highest BCUT2D eigenvalue weighted by Gasteiger charge is 2.43. The standard InChI is InChI=1S/C29H21F4N7O3/c1-3-25(41)40(43-27(42)29(31,32)33)19-11-12-23(30)24(13-19)37-26-22(21-10-6-8-17-7-4-5-9-20(17)21)15-34-28(38-26)36-18-14-35-39(2)16-18/h3-16H,1H2,2H3,(H2,34,36,37,38). The van der Waals surface area contributed by atoms with E-state index in [0.29, 0.717) is 22.9 Å². The zero-order valence-corrected chi connectivity index (χ0v) is 22.3. The van der Waals surface area contributed by atoms with Crippen LogP contribution < -0.4 is 15.7 Å².